The topological polar surface area (TPSA) is 63.4 Å². The van der Waals surface area contributed by atoms with Crippen LogP contribution in [0.15, 0.2) is 17.0 Å². The van der Waals surface area contributed by atoms with Crippen LogP contribution in [0.5, 0.6) is 0 Å². The highest BCUT2D eigenvalue weighted by Gasteiger charge is 2.36. The minimum absolute atomic E-state index is 0.0582. The maximum atomic E-state index is 12.3. The Morgan fingerprint density at radius 3 is 2.26 bits per heavy atom. The Morgan fingerprint density at radius 2 is 1.79 bits per heavy atom. The minimum Gasteiger partial charge on any atom is -0.398 e. The van der Waals surface area contributed by atoms with Gasteiger partial charge in [0.1, 0.15) is 11.4 Å². The molecule has 0 aromatic heterocycles. The van der Waals surface area contributed by atoms with Crippen molar-refractivity contribution in [2.75, 3.05) is 19.3 Å². The molecular formula is C11H15F3N2O2S. The zero-order valence-electron chi connectivity index (χ0n) is 10.7. The van der Waals surface area contributed by atoms with E-state index >= 15 is 0 Å². The van der Waals surface area contributed by atoms with Gasteiger partial charge in [0.2, 0.25) is 10.0 Å². The molecule has 1 aromatic rings. The average Bonchev–Trinajstić information content (AvgIpc) is 2.21. The first-order valence-corrected chi connectivity index (χ1v) is 6.79. The number of hydrogen-bond donors (Lipinski definition) is 1. The van der Waals surface area contributed by atoms with Gasteiger partial charge in [-0.25, -0.2) is 8.42 Å². The molecule has 0 bridgehead atoms. The number of sulfonamides is 1. The van der Waals surface area contributed by atoms with E-state index in [2.05, 4.69) is 0 Å². The molecule has 0 fully saturated rings. The van der Waals surface area contributed by atoms with E-state index in [1.807, 2.05) is 0 Å². The van der Waals surface area contributed by atoms with Gasteiger partial charge in [0.25, 0.3) is 0 Å². The van der Waals surface area contributed by atoms with E-state index in [-0.39, 0.29) is 14.9 Å². The van der Waals surface area contributed by atoms with Crippen LogP contribution in [-0.2, 0) is 10.0 Å². The molecule has 0 heterocycles. The summed E-state index contributed by atoms with van der Waals surface area (Å²) in [5.41, 5.74) is 6.53. The first kappa shape index (κ1) is 15.8. The maximum Gasteiger partial charge on any atom is 0.402 e. The number of nitrogen functional groups attached to an aromatic ring is 1. The molecule has 19 heavy (non-hydrogen) atoms. The fraction of sp³-hybridized carbons (Fsp3) is 0.455. The summed E-state index contributed by atoms with van der Waals surface area (Å²) in [6, 6.07) is 2.99. The van der Waals surface area contributed by atoms with E-state index < -0.39 is 22.7 Å². The molecule has 0 unspecified atom stereocenters. The summed E-state index contributed by atoms with van der Waals surface area (Å²) in [6.07, 6.45) is -4.60. The summed E-state index contributed by atoms with van der Waals surface area (Å²) >= 11 is 0. The van der Waals surface area contributed by atoms with Crippen molar-refractivity contribution in [1.29, 1.82) is 0 Å². The predicted molar refractivity (Wildman–Crippen MR) is 66.2 cm³/mol. The standard InChI is InChI=1S/C11H15F3N2O2S/c1-7-4-5-9(15)10(8(7)2)19(17,18)16(3)6-11(12,13)14/h4-5H,6,15H2,1-3H3. The van der Waals surface area contributed by atoms with Crippen molar-refractivity contribution in [1.82, 2.24) is 4.31 Å². The van der Waals surface area contributed by atoms with Crippen molar-refractivity contribution in [3.63, 3.8) is 0 Å². The highest BCUT2D eigenvalue weighted by atomic mass is 32.2. The maximum absolute atomic E-state index is 12.3. The second-order valence-corrected chi connectivity index (χ2v) is 6.28. The van der Waals surface area contributed by atoms with Gasteiger partial charge in [-0.1, -0.05) is 6.07 Å². The van der Waals surface area contributed by atoms with Gasteiger partial charge >= 0.3 is 6.18 Å². The van der Waals surface area contributed by atoms with E-state index in [0.29, 0.717) is 11.1 Å². The molecule has 0 atom stereocenters. The number of benzene rings is 1. The molecule has 0 amide bonds. The van der Waals surface area contributed by atoms with E-state index in [0.717, 1.165) is 7.05 Å². The molecule has 0 saturated carbocycles. The summed E-state index contributed by atoms with van der Waals surface area (Å²) in [5, 5.41) is 0. The van der Waals surface area contributed by atoms with Crippen LogP contribution in [0.2, 0.25) is 0 Å². The van der Waals surface area contributed by atoms with Crippen molar-refractivity contribution < 1.29 is 21.6 Å². The van der Waals surface area contributed by atoms with Crippen LogP contribution in [0.4, 0.5) is 18.9 Å². The summed E-state index contributed by atoms with van der Waals surface area (Å²) in [4.78, 5) is -0.265. The lowest BCUT2D eigenvalue weighted by atomic mass is 10.1. The van der Waals surface area contributed by atoms with Crippen molar-refractivity contribution in [2.45, 2.75) is 24.9 Å². The van der Waals surface area contributed by atoms with Gasteiger partial charge in [0, 0.05) is 7.05 Å². The fourth-order valence-corrected chi connectivity index (χ4v) is 3.19. The van der Waals surface area contributed by atoms with Crippen LogP contribution in [0.3, 0.4) is 0 Å². The zero-order valence-corrected chi connectivity index (χ0v) is 11.6. The van der Waals surface area contributed by atoms with Gasteiger partial charge in [0.05, 0.1) is 5.69 Å². The summed E-state index contributed by atoms with van der Waals surface area (Å²) in [6.45, 7) is 1.62. The molecule has 0 aliphatic heterocycles. The minimum atomic E-state index is -4.60. The summed E-state index contributed by atoms with van der Waals surface area (Å²) in [5.74, 6) is 0. The Hall–Kier alpha value is -1.28. The molecule has 4 nitrogen and oxygen atoms in total. The number of rotatable bonds is 3. The van der Waals surface area contributed by atoms with Crippen molar-refractivity contribution >= 4 is 15.7 Å². The molecule has 1 aromatic carbocycles. The predicted octanol–water partition coefficient (Wildman–Crippen LogP) is 2.07. The number of aryl methyl sites for hydroxylation is 1. The molecule has 0 spiro atoms. The average molecular weight is 296 g/mol. The zero-order chi connectivity index (χ0) is 15.0. The number of alkyl halides is 3. The molecule has 0 saturated heterocycles. The van der Waals surface area contributed by atoms with Crippen molar-refractivity contribution in [3.8, 4) is 0 Å². The Balaban J connectivity index is 3.33. The van der Waals surface area contributed by atoms with Crippen LogP contribution in [0, 0.1) is 13.8 Å². The Morgan fingerprint density at radius 1 is 1.26 bits per heavy atom. The van der Waals surface area contributed by atoms with Crippen LogP contribution >= 0.6 is 0 Å². The molecule has 0 radical (unpaired) electrons. The van der Waals surface area contributed by atoms with E-state index in [9.17, 15) is 21.6 Å². The molecular weight excluding hydrogens is 281 g/mol. The van der Waals surface area contributed by atoms with E-state index in [4.69, 9.17) is 5.73 Å². The molecule has 1 rings (SSSR count). The quantitative estimate of drug-likeness (QED) is 0.868. The van der Waals surface area contributed by atoms with E-state index in [1.165, 1.54) is 13.0 Å². The normalized spacial score (nSPS) is 13.0. The van der Waals surface area contributed by atoms with Crippen LogP contribution < -0.4 is 5.73 Å². The molecule has 0 aliphatic carbocycles. The van der Waals surface area contributed by atoms with Gasteiger partial charge in [-0.15, -0.1) is 0 Å². The first-order chi connectivity index (χ1) is 8.47. The third-order valence-corrected chi connectivity index (χ3v) is 4.78. The van der Waals surface area contributed by atoms with Crippen LogP contribution in [0.1, 0.15) is 11.1 Å². The first-order valence-electron chi connectivity index (χ1n) is 5.35. The number of anilines is 1. The van der Waals surface area contributed by atoms with Crippen molar-refractivity contribution in [2.24, 2.45) is 0 Å². The van der Waals surface area contributed by atoms with E-state index in [1.54, 1.807) is 13.0 Å². The number of hydrogen-bond acceptors (Lipinski definition) is 3. The number of nitrogens with two attached hydrogens (primary N) is 1. The number of nitrogens with zero attached hydrogens (tertiary/aromatic N) is 1. The second-order valence-electron chi connectivity index (χ2n) is 4.30. The molecule has 2 N–H and O–H groups in total. The number of halogens is 3. The lowest BCUT2D eigenvalue weighted by Gasteiger charge is -2.21. The third-order valence-electron chi connectivity index (χ3n) is 2.78. The fourth-order valence-electron chi connectivity index (χ4n) is 1.65. The SMILES string of the molecule is Cc1ccc(N)c(S(=O)(=O)N(C)CC(F)(F)F)c1C. The highest BCUT2D eigenvalue weighted by molar-refractivity contribution is 7.89. The second kappa shape index (κ2) is 5.01. The lowest BCUT2D eigenvalue weighted by Crippen LogP contribution is -2.36. The smallest absolute Gasteiger partial charge is 0.398 e. The van der Waals surface area contributed by atoms with Gasteiger partial charge in [-0.2, -0.15) is 17.5 Å². The Labute approximate surface area is 110 Å². The van der Waals surface area contributed by atoms with Gasteiger partial charge in [-0.05, 0) is 31.0 Å². The Kier molecular flexibility index (Phi) is 4.16. The van der Waals surface area contributed by atoms with Gasteiger partial charge < -0.3 is 5.73 Å². The highest BCUT2D eigenvalue weighted by Crippen LogP contribution is 2.29. The molecule has 8 heteroatoms. The van der Waals surface area contributed by atoms with Crippen molar-refractivity contribution in [3.05, 3.63) is 23.3 Å². The Bertz CT molecular complexity index is 582. The monoisotopic (exact) mass is 296 g/mol. The van der Waals surface area contributed by atoms with Gasteiger partial charge in [-0.3, -0.25) is 0 Å². The largest absolute Gasteiger partial charge is 0.402 e. The summed E-state index contributed by atoms with van der Waals surface area (Å²) < 4.78 is 61.4. The van der Waals surface area contributed by atoms with Crippen LogP contribution in [-0.4, -0.2) is 32.5 Å². The lowest BCUT2D eigenvalue weighted by molar-refractivity contribution is -0.134. The van der Waals surface area contributed by atoms with Crippen LogP contribution in [0.25, 0.3) is 0 Å². The van der Waals surface area contributed by atoms with Gasteiger partial charge in [0.15, 0.2) is 0 Å². The molecule has 108 valence electrons. The molecule has 0 aliphatic rings. The summed E-state index contributed by atoms with van der Waals surface area (Å²) in [7, 11) is -3.39. The third kappa shape index (κ3) is 3.38.